The largest absolute Gasteiger partial charge is 0.387 e. The van der Waals surface area contributed by atoms with E-state index < -0.39 is 11.0 Å². The maximum atomic E-state index is 11.1. The zero-order valence-electron chi connectivity index (χ0n) is 13.9. The van der Waals surface area contributed by atoms with Gasteiger partial charge in [0.2, 0.25) is 0 Å². The number of halogens is 1. The molecule has 2 aliphatic rings. The van der Waals surface area contributed by atoms with E-state index in [1.165, 1.54) is 12.1 Å². The zero-order chi connectivity index (χ0) is 17.8. The molecule has 140 valence electrons. The fourth-order valence-electron chi connectivity index (χ4n) is 2.80. The van der Waals surface area contributed by atoms with Gasteiger partial charge in [-0.05, 0) is 29.7 Å². The Kier molecular flexibility index (Phi) is 6.67. The molecule has 0 saturated carbocycles. The van der Waals surface area contributed by atoms with E-state index in [9.17, 15) is 20.0 Å². The molecule has 3 rings (SSSR count). The molecule has 2 aliphatic heterocycles. The van der Waals surface area contributed by atoms with E-state index in [0.29, 0.717) is 24.5 Å². The average molecular weight is 382 g/mol. The number of hydrogen-bond acceptors (Lipinski definition) is 7. The first kappa shape index (κ1) is 19.8. The highest BCUT2D eigenvalue weighted by atomic mass is 35.5. The minimum Gasteiger partial charge on any atom is -0.387 e. The van der Waals surface area contributed by atoms with Gasteiger partial charge in [-0.3, -0.25) is 35.7 Å². The van der Waals surface area contributed by atoms with Crippen LogP contribution in [0.25, 0.3) is 0 Å². The van der Waals surface area contributed by atoms with Crippen LogP contribution in [0, 0.1) is 10.1 Å². The Bertz CT molecular complexity index is 735. The number of carbonyl (C=O) groups is 1. The fourth-order valence-corrected chi connectivity index (χ4v) is 2.80. The Morgan fingerprint density at radius 1 is 1.31 bits per heavy atom. The number of aliphatic imine (C=N–C) groups is 1. The first-order chi connectivity index (χ1) is 12.0. The van der Waals surface area contributed by atoms with E-state index >= 15 is 0 Å². The van der Waals surface area contributed by atoms with Gasteiger partial charge < -0.3 is 5.11 Å². The number of carbonyl (C=O) groups excluding carboxylic acids is 1. The van der Waals surface area contributed by atoms with Crippen LogP contribution in [0.1, 0.15) is 18.1 Å². The van der Waals surface area contributed by atoms with Crippen LogP contribution in [0.3, 0.4) is 0 Å². The lowest BCUT2D eigenvalue weighted by Crippen LogP contribution is -2.48. The van der Waals surface area contributed by atoms with Crippen molar-refractivity contribution in [2.75, 3.05) is 26.2 Å². The van der Waals surface area contributed by atoms with E-state index in [1.807, 2.05) is 6.08 Å². The van der Waals surface area contributed by atoms with Crippen LogP contribution < -0.4 is 10.9 Å². The number of hydrogen-bond donors (Lipinski definition) is 3. The predicted molar refractivity (Wildman–Crippen MR) is 98.0 cm³/mol. The van der Waals surface area contributed by atoms with Gasteiger partial charge in [0.1, 0.15) is 12.4 Å². The summed E-state index contributed by atoms with van der Waals surface area (Å²) in [6, 6.07) is 5.96. The van der Waals surface area contributed by atoms with Gasteiger partial charge >= 0.3 is 0 Å². The normalized spacial score (nSPS) is 18.6. The Morgan fingerprint density at radius 3 is 2.58 bits per heavy atom. The number of benzene rings is 1. The highest BCUT2D eigenvalue weighted by molar-refractivity contribution is 6.02. The van der Waals surface area contributed by atoms with Crippen molar-refractivity contribution in [3.63, 3.8) is 0 Å². The molecule has 1 unspecified atom stereocenters. The number of nitro benzene ring substituents is 1. The second-order valence-corrected chi connectivity index (χ2v) is 5.94. The molecule has 0 spiro atoms. The maximum Gasteiger partial charge on any atom is 0.269 e. The van der Waals surface area contributed by atoms with Crippen molar-refractivity contribution in [2.45, 2.75) is 12.5 Å². The van der Waals surface area contributed by atoms with E-state index in [2.05, 4.69) is 20.7 Å². The Balaban J connectivity index is 0.00000243. The van der Waals surface area contributed by atoms with E-state index in [4.69, 9.17) is 0 Å². The van der Waals surface area contributed by atoms with Gasteiger partial charge in [0.05, 0.1) is 11.0 Å². The highest BCUT2D eigenvalue weighted by Gasteiger charge is 2.21. The van der Waals surface area contributed by atoms with E-state index in [-0.39, 0.29) is 30.5 Å². The minimum atomic E-state index is -0.708. The van der Waals surface area contributed by atoms with Gasteiger partial charge in [0.15, 0.2) is 0 Å². The lowest BCUT2D eigenvalue weighted by molar-refractivity contribution is -0.384. The maximum absolute atomic E-state index is 11.1. The summed E-state index contributed by atoms with van der Waals surface area (Å²) in [5.41, 5.74) is 7.04. The summed E-state index contributed by atoms with van der Waals surface area (Å²) in [5, 5.41) is 21.0. The van der Waals surface area contributed by atoms with Crippen molar-refractivity contribution in [1.29, 1.82) is 0 Å². The molecule has 10 heteroatoms. The highest BCUT2D eigenvalue weighted by Crippen LogP contribution is 2.20. The molecule has 1 amide bonds. The summed E-state index contributed by atoms with van der Waals surface area (Å²) in [4.78, 5) is 27.6. The Hall–Kier alpha value is -2.49. The SMILES string of the molecule is Cl.O=C1CN=C(C2=CCN(CC(O)c3ccc([N+](=O)[O-])cc3)CC2)NN1. The first-order valence-electron chi connectivity index (χ1n) is 7.96. The molecule has 9 nitrogen and oxygen atoms in total. The molecular weight excluding hydrogens is 362 g/mol. The van der Waals surface area contributed by atoms with Crippen LogP contribution in [0.5, 0.6) is 0 Å². The number of nitrogens with zero attached hydrogens (tertiary/aromatic N) is 3. The van der Waals surface area contributed by atoms with Crippen molar-refractivity contribution in [1.82, 2.24) is 15.8 Å². The second kappa shape index (κ2) is 8.75. The van der Waals surface area contributed by atoms with Gasteiger partial charge in [-0.1, -0.05) is 6.08 Å². The van der Waals surface area contributed by atoms with Crippen molar-refractivity contribution in [2.24, 2.45) is 4.99 Å². The van der Waals surface area contributed by atoms with Crippen LogP contribution in [0.15, 0.2) is 40.9 Å². The van der Waals surface area contributed by atoms with Crippen LogP contribution in [-0.4, -0.2) is 52.9 Å². The average Bonchev–Trinajstić information content (AvgIpc) is 2.63. The number of nitro groups is 1. The van der Waals surface area contributed by atoms with Crippen LogP contribution in [0.2, 0.25) is 0 Å². The Labute approximate surface area is 156 Å². The molecule has 0 bridgehead atoms. The quantitative estimate of drug-likeness (QED) is 0.510. The molecule has 0 aromatic heterocycles. The molecular formula is C16H20ClN5O4. The summed E-state index contributed by atoms with van der Waals surface area (Å²) in [7, 11) is 0. The van der Waals surface area contributed by atoms with Crippen LogP contribution >= 0.6 is 12.4 Å². The predicted octanol–water partition coefficient (Wildman–Crippen LogP) is 0.715. The number of rotatable bonds is 5. The lowest BCUT2D eigenvalue weighted by Gasteiger charge is -2.29. The smallest absolute Gasteiger partial charge is 0.269 e. The molecule has 1 aromatic rings. The molecule has 3 N–H and O–H groups in total. The van der Waals surface area contributed by atoms with Gasteiger partial charge in [0.25, 0.3) is 11.6 Å². The fraction of sp³-hybridized carbons (Fsp3) is 0.375. The van der Waals surface area contributed by atoms with Crippen molar-refractivity contribution >= 4 is 29.8 Å². The molecule has 26 heavy (non-hydrogen) atoms. The number of amides is 1. The summed E-state index contributed by atoms with van der Waals surface area (Å²) < 4.78 is 0. The molecule has 0 radical (unpaired) electrons. The topological polar surface area (TPSA) is 120 Å². The molecule has 2 heterocycles. The number of hydrazine groups is 1. The van der Waals surface area contributed by atoms with Crippen molar-refractivity contribution in [3.05, 3.63) is 51.6 Å². The third-order valence-corrected chi connectivity index (χ3v) is 4.22. The number of non-ortho nitro benzene ring substituents is 1. The minimum absolute atomic E-state index is 0. The standard InChI is InChI=1S/C16H19N5O4.ClH/c22-14(11-1-3-13(4-2-11)21(24)25)10-20-7-5-12(6-8-20)16-17-9-15(23)18-19-16;/h1-5,14,22H,6-10H2,(H,17,19)(H,18,23);1H. The third kappa shape index (κ3) is 4.78. The number of β-amino-alcohol motifs (C(OH)–C–C–N with tert-alkyl or cyclic N) is 1. The first-order valence-corrected chi connectivity index (χ1v) is 7.96. The lowest BCUT2D eigenvalue weighted by atomic mass is 10.0. The monoisotopic (exact) mass is 381 g/mol. The molecule has 0 aliphatic carbocycles. The van der Waals surface area contributed by atoms with Gasteiger partial charge in [0, 0.05) is 31.8 Å². The van der Waals surface area contributed by atoms with Crippen LogP contribution in [0.4, 0.5) is 5.69 Å². The number of aliphatic hydroxyl groups excluding tert-OH is 1. The van der Waals surface area contributed by atoms with E-state index in [0.717, 1.165) is 18.5 Å². The second-order valence-electron chi connectivity index (χ2n) is 5.94. The molecule has 1 atom stereocenters. The number of amidine groups is 1. The summed E-state index contributed by atoms with van der Waals surface area (Å²) in [6.07, 6.45) is 2.07. The molecule has 1 aromatic carbocycles. The molecule has 0 saturated heterocycles. The summed E-state index contributed by atoms with van der Waals surface area (Å²) >= 11 is 0. The van der Waals surface area contributed by atoms with Crippen LogP contribution in [-0.2, 0) is 4.79 Å². The summed E-state index contributed by atoms with van der Waals surface area (Å²) in [6.45, 7) is 1.99. The van der Waals surface area contributed by atoms with Crippen molar-refractivity contribution in [3.8, 4) is 0 Å². The van der Waals surface area contributed by atoms with Crippen molar-refractivity contribution < 1.29 is 14.8 Å². The van der Waals surface area contributed by atoms with E-state index in [1.54, 1.807) is 12.1 Å². The van der Waals surface area contributed by atoms with Gasteiger partial charge in [-0.25, -0.2) is 0 Å². The Morgan fingerprint density at radius 2 is 2.04 bits per heavy atom. The molecule has 0 fully saturated rings. The number of nitrogens with one attached hydrogen (secondary N) is 2. The summed E-state index contributed by atoms with van der Waals surface area (Å²) in [5.74, 6) is 0.531. The van der Waals surface area contributed by atoms with Gasteiger partial charge in [-0.15, -0.1) is 12.4 Å². The zero-order valence-corrected chi connectivity index (χ0v) is 14.7. The van der Waals surface area contributed by atoms with Gasteiger partial charge in [-0.2, -0.15) is 0 Å². The number of aliphatic hydroxyl groups is 1. The third-order valence-electron chi connectivity index (χ3n) is 4.22.